The molecule has 1 aliphatic heterocycles. The summed E-state index contributed by atoms with van der Waals surface area (Å²) in [4.78, 5) is 0. The Kier molecular flexibility index (Phi) is 5.49. The fraction of sp³-hybridized carbons (Fsp3) is 0.857. The second-order valence-corrected chi connectivity index (χ2v) is 5.28. The summed E-state index contributed by atoms with van der Waals surface area (Å²) in [5.41, 5.74) is 7.50. The van der Waals surface area contributed by atoms with E-state index in [0.29, 0.717) is 12.0 Å². The van der Waals surface area contributed by atoms with E-state index in [1.807, 2.05) is 0 Å². The molecule has 2 rings (SSSR count). The van der Waals surface area contributed by atoms with Crippen molar-refractivity contribution in [2.75, 3.05) is 26.3 Å². The van der Waals surface area contributed by atoms with Crippen molar-refractivity contribution in [2.24, 2.45) is 11.7 Å². The molecule has 2 atom stereocenters. The Morgan fingerprint density at radius 1 is 1.47 bits per heavy atom. The molecule has 0 aromatic heterocycles. The lowest BCUT2D eigenvalue weighted by atomic mass is 9.93. The molecule has 0 radical (unpaired) electrons. The predicted octanol–water partition coefficient (Wildman–Crippen LogP) is 1.83. The molecule has 2 unspecified atom stereocenters. The van der Waals surface area contributed by atoms with Crippen LogP contribution in [0.4, 0.5) is 0 Å². The van der Waals surface area contributed by atoms with Crippen molar-refractivity contribution >= 4 is 0 Å². The fourth-order valence-corrected chi connectivity index (χ4v) is 2.91. The van der Waals surface area contributed by atoms with Gasteiger partial charge >= 0.3 is 0 Å². The lowest BCUT2D eigenvalue weighted by Gasteiger charge is -2.30. The summed E-state index contributed by atoms with van der Waals surface area (Å²) in [7, 11) is 0. The van der Waals surface area contributed by atoms with Crippen LogP contribution in [-0.4, -0.2) is 32.3 Å². The van der Waals surface area contributed by atoms with E-state index in [0.717, 1.165) is 26.3 Å². The predicted molar refractivity (Wildman–Crippen MR) is 70.9 cm³/mol. The van der Waals surface area contributed by atoms with Crippen molar-refractivity contribution in [2.45, 2.75) is 44.6 Å². The van der Waals surface area contributed by atoms with Crippen molar-refractivity contribution < 1.29 is 4.74 Å². The first-order valence-corrected chi connectivity index (χ1v) is 7.09. The van der Waals surface area contributed by atoms with Gasteiger partial charge < -0.3 is 15.8 Å². The zero-order valence-electron chi connectivity index (χ0n) is 10.8. The molecule has 3 N–H and O–H groups in total. The van der Waals surface area contributed by atoms with Crippen molar-refractivity contribution in [1.29, 1.82) is 0 Å². The molecule has 1 fully saturated rings. The van der Waals surface area contributed by atoms with Crippen molar-refractivity contribution in [3.05, 3.63) is 11.6 Å². The maximum atomic E-state index is 5.87. The third kappa shape index (κ3) is 4.09. The van der Waals surface area contributed by atoms with E-state index in [9.17, 15) is 0 Å². The molecule has 17 heavy (non-hydrogen) atoms. The summed E-state index contributed by atoms with van der Waals surface area (Å²) in [6.07, 6.45) is 10.00. The highest BCUT2D eigenvalue weighted by atomic mass is 16.5. The van der Waals surface area contributed by atoms with Crippen LogP contribution in [0.2, 0.25) is 0 Å². The molecule has 98 valence electrons. The highest BCUT2D eigenvalue weighted by Crippen LogP contribution is 2.21. The summed E-state index contributed by atoms with van der Waals surface area (Å²) in [5.74, 6) is 0.617. The van der Waals surface area contributed by atoms with Crippen molar-refractivity contribution in [1.82, 2.24) is 5.32 Å². The van der Waals surface area contributed by atoms with Gasteiger partial charge in [-0.05, 0) is 51.0 Å². The van der Waals surface area contributed by atoms with Gasteiger partial charge in [0.1, 0.15) is 0 Å². The minimum atomic E-state index is 0.442. The number of nitrogens with one attached hydrogen (secondary N) is 1. The molecule has 0 amide bonds. The van der Waals surface area contributed by atoms with Gasteiger partial charge in [0.15, 0.2) is 0 Å². The zero-order valence-corrected chi connectivity index (χ0v) is 10.8. The normalized spacial score (nSPS) is 26.9. The van der Waals surface area contributed by atoms with Gasteiger partial charge in [-0.3, -0.25) is 0 Å². The lowest BCUT2D eigenvalue weighted by Crippen LogP contribution is -2.45. The number of nitrogens with two attached hydrogens (primary N) is 1. The van der Waals surface area contributed by atoms with Crippen LogP contribution in [0.3, 0.4) is 0 Å². The Hall–Kier alpha value is -0.380. The third-order valence-corrected chi connectivity index (χ3v) is 4.01. The maximum Gasteiger partial charge on any atom is 0.0509 e. The monoisotopic (exact) mass is 238 g/mol. The minimum absolute atomic E-state index is 0.442. The van der Waals surface area contributed by atoms with Crippen LogP contribution in [0.25, 0.3) is 0 Å². The van der Waals surface area contributed by atoms with E-state index in [1.165, 1.54) is 38.5 Å². The zero-order chi connectivity index (χ0) is 11.9. The Balaban J connectivity index is 1.67. The van der Waals surface area contributed by atoms with Gasteiger partial charge in [0.25, 0.3) is 0 Å². The average Bonchev–Trinajstić information content (AvgIpc) is 2.89. The molecule has 1 aliphatic carbocycles. The Morgan fingerprint density at radius 2 is 2.41 bits per heavy atom. The van der Waals surface area contributed by atoms with Gasteiger partial charge in [-0.1, -0.05) is 11.6 Å². The molecule has 3 heteroatoms. The SMILES string of the molecule is NCC(NCCC1=CCCC1)C1CCCOC1. The topological polar surface area (TPSA) is 47.3 Å². The van der Waals surface area contributed by atoms with Gasteiger partial charge in [-0.25, -0.2) is 0 Å². The number of allylic oxidation sites excluding steroid dienone is 1. The quantitative estimate of drug-likeness (QED) is 0.694. The first kappa shape index (κ1) is 13.1. The van der Waals surface area contributed by atoms with E-state index in [2.05, 4.69) is 11.4 Å². The van der Waals surface area contributed by atoms with E-state index in [-0.39, 0.29) is 0 Å². The van der Waals surface area contributed by atoms with E-state index in [1.54, 1.807) is 5.57 Å². The van der Waals surface area contributed by atoms with Gasteiger partial charge in [0.05, 0.1) is 6.61 Å². The van der Waals surface area contributed by atoms with Crippen molar-refractivity contribution in [3.63, 3.8) is 0 Å². The molecular formula is C14H26N2O. The standard InChI is InChI=1S/C14H26N2O/c15-10-14(13-6-3-9-17-11-13)16-8-7-12-4-1-2-5-12/h4,13-14,16H,1-3,5-11,15H2. The molecule has 3 nitrogen and oxygen atoms in total. The summed E-state index contributed by atoms with van der Waals surface area (Å²) in [6.45, 7) is 3.62. The minimum Gasteiger partial charge on any atom is -0.381 e. The number of hydrogen-bond donors (Lipinski definition) is 2. The third-order valence-electron chi connectivity index (χ3n) is 4.01. The van der Waals surface area contributed by atoms with Crippen molar-refractivity contribution in [3.8, 4) is 0 Å². The second-order valence-electron chi connectivity index (χ2n) is 5.28. The fourth-order valence-electron chi connectivity index (χ4n) is 2.91. The molecule has 0 aromatic rings. The van der Waals surface area contributed by atoms with Gasteiger partial charge in [-0.2, -0.15) is 0 Å². The second kappa shape index (κ2) is 7.14. The molecule has 0 saturated carbocycles. The Morgan fingerprint density at radius 3 is 3.06 bits per heavy atom. The Bertz CT molecular complexity index is 247. The molecule has 1 saturated heterocycles. The average molecular weight is 238 g/mol. The van der Waals surface area contributed by atoms with Crippen LogP contribution in [0.5, 0.6) is 0 Å². The smallest absolute Gasteiger partial charge is 0.0509 e. The van der Waals surface area contributed by atoms with E-state index in [4.69, 9.17) is 10.5 Å². The highest BCUT2D eigenvalue weighted by molar-refractivity contribution is 5.07. The van der Waals surface area contributed by atoms with Gasteiger partial charge in [0, 0.05) is 19.2 Å². The first-order chi connectivity index (χ1) is 8.40. The maximum absolute atomic E-state index is 5.87. The van der Waals surface area contributed by atoms with Crippen LogP contribution in [-0.2, 0) is 4.74 Å². The number of hydrogen-bond acceptors (Lipinski definition) is 3. The molecule has 1 heterocycles. The number of rotatable bonds is 6. The molecule has 0 bridgehead atoms. The molecule has 0 spiro atoms. The molecular weight excluding hydrogens is 212 g/mol. The van der Waals surface area contributed by atoms with E-state index >= 15 is 0 Å². The summed E-state index contributed by atoms with van der Waals surface area (Å²) < 4.78 is 5.54. The molecule has 0 aromatic carbocycles. The van der Waals surface area contributed by atoms with Gasteiger partial charge in [-0.15, -0.1) is 0 Å². The van der Waals surface area contributed by atoms with Crippen LogP contribution >= 0.6 is 0 Å². The first-order valence-electron chi connectivity index (χ1n) is 7.09. The van der Waals surface area contributed by atoms with Crippen LogP contribution in [0, 0.1) is 5.92 Å². The highest BCUT2D eigenvalue weighted by Gasteiger charge is 2.22. The molecule has 2 aliphatic rings. The largest absolute Gasteiger partial charge is 0.381 e. The van der Waals surface area contributed by atoms with E-state index < -0.39 is 0 Å². The summed E-state index contributed by atoms with van der Waals surface area (Å²) in [5, 5.41) is 3.62. The number of ether oxygens (including phenoxy) is 1. The van der Waals surface area contributed by atoms with Gasteiger partial charge in [0.2, 0.25) is 0 Å². The van der Waals surface area contributed by atoms with Crippen LogP contribution in [0.15, 0.2) is 11.6 Å². The van der Waals surface area contributed by atoms with Crippen LogP contribution in [0.1, 0.15) is 38.5 Å². The lowest BCUT2D eigenvalue weighted by molar-refractivity contribution is 0.0406. The van der Waals surface area contributed by atoms with Crippen LogP contribution < -0.4 is 11.1 Å². The Labute approximate surface area is 105 Å². The summed E-state index contributed by atoms with van der Waals surface area (Å²) in [6, 6.07) is 0.442. The summed E-state index contributed by atoms with van der Waals surface area (Å²) >= 11 is 0.